The number of hydrogen-bond donors (Lipinski definition) is 3. The first-order valence-electron chi connectivity index (χ1n) is 5.14. The zero-order valence-corrected chi connectivity index (χ0v) is 9.21. The third-order valence-corrected chi connectivity index (χ3v) is 1.84. The molecule has 1 aromatic rings. The van der Waals surface area contributed by atoms with E-state index in [1.807, 2.05) is 0 Å². The predicted octanol–water partition coefficient (Wildman–Crippen LogP) is 0.272. The molecule has 0 fully saturated rings. The molecule has 15 heavy (non-hydrogen) atoms. The molecule has 0 unspecified atom stereocenters. The number of nitrogens with zero attached hydrogens (tertiary/aromatic N) is 1. The summed E-state index contributed by atoms with van der Waals surface area (Å²) in [6.07, 6.45) is 3.45. The fraction of sp³-hybridized carbons (Fsp3) is 0.600. The zero-order valence-electron chi connectivity index (χ0n) is 9.21. The smallest absolute Gasteiger partial charge is 0.233 e. The summed E-state index contributed by atoms with van der Waals surface area (Å²) in [5, 5.41) is 5.84. The molecule has 1 amide bonds. The molecular formula is C10H18N4O. The highest BCUT2D eigenvalue weighted by molar-refractivity contribution is 5.77. The van der Waals surface area contributed by atoms with Gasteiger partial charge >= 0.3 is 0 Å². The first-order valence-corrected chi connectivity index (χ1v) is 5.14. The minimum Gasteiger partial charge on any atom is -0.355 e. The van der Waals surface area contributed by atoms with Crippen molar-refractivity contribution in [3.05, 3.63) is 18.2 Å². The lowest BCUT2D eigenvalue weighted by Gasteiger charge is -2.07. The topological polar surface area (TPSA) is 69.8 Å². The van der Waals surface area contributed by atoms with Crippen LogP contribution in [0.4, 0.5) is 0 Å². The standard InChI is InChI=1S/C10H18N4O/c1-8(2)5-14-10(15)7-11-6-9-12-3-4-13-9/h3-4,8,11H,5-7H2,1-2H3,(H,12,13)(H,14,15). The van der Waals surface area contributed by atoms with Crippen LogP contribution in [0.5, 0.6) is 0 Å². The molecule has 1 rings (SSSR count). The Morgan fingerprint density at radius 1 is 1.60 bits per heavy atom. The number of nitrogens with one attached hydrogen (secondary N) is 3. The second kappa shape index (κ2) is 6.19. The van der Waals surface area contributed by atoms with Crippen LogP contribution in [0.25, 0.3) is 0 Å². The van der Waals surface area contributed by atoms with E-state index in [1.165, 1.54) is 0 Å². The van der Waals surface area contributed by atoms with E-state index >= 15 is 0 Å². The Morgan fingerprint density at radius 3 is 3.00 bits per heavy atom. The van der Waals surface area contributed by atoms with E-state index in [1.54, 1.807) is 12.4 Å². The second-order valence-corrected chi connectivity index (χ2v) is 3.84. The molecule has 1 aromatic heterocycles. The third kappa shape index (κ3) is 5.17. The van der Waals surface area contributed by atoms with Gasteiger partial charge in [0.2, 0.25) is 5.91 Å². The lowest BCUT2D eigenvalue weighted by atomic mass is 10.2. The average Bonchev–Trinajstić information content (AvgIpc) is 2.67. The highest BCUT2D eigenvalue weighted by Crippen LogP contribution is 1.87. The summed E-state index contributed by atoms with van der Waals surface area (Å²) in [5.74, 6) is 1.35. The first kappa shape index (κ1) is 11.7. The van der Waals surface area contributed by atoms with Gasteiger partial charge in [0.25, 0.3) is 0 Å². The molecule has 0 spiro atoms. The minimum atomic E-state index is 0.0234. The molecule has 0 aliphatic rings. The number of amides is 1. The molecule has 5 nitrogen and oxygen atoms in total. The van der Waals surface area contributed by atoms with Crippen LogP contribution in [-0.2, 0) is 11.3 Å². The van der Waals surface area contributed by atoms with E-state index in [4.69, 9.17) is 0 Å². The number of hydrogen-bond acceptors (Lipinski definition) is 3. The Morgan fingerprint density at radius 2 is 2.40 bits per heavy atom. The number of aromatic nitrogens is 2. The van der Waals surface area contributed by atoms with Crippen molar-refractivity contribution in [1.29, 1.82) is 0 Å². The van der Waals surface area contributed by atoms with Gasteiger partial charge in [-0.1, -0.05) is 13.8 Å². The summed E-state index contributed by atoms with van der Waals surface area (Å²) in [4.78, 5) is 18.3. The predicted molar refractivity (Wildman–Crippen MR) is 58.1 cm³/mol. The summed E-state index contributed by atoms with van der Waals surface area (Å²) in [6, 6.07) is 0. The summed E-state index contributed by atoms with van der Waals surface area (Å²) in [5.41, 5.74) is 0. The molecule has 0 radical (unpaired) electrons. The molecule has 1 heterocycles. The molecule has 0 aliphatic heterocycles. The number of imidazole rings is 1. The monoisotopic (exact) mass is 210 g/mol. The van der Waals surface area contributed by atoms with Gasteiger partial charge in [0.1, 0.15) is 5.82 Å². The van der Waals surface area contributed by atoms with Gasteiger partial charge in [-0.05, 0) is 5.92 Å². The van der Waals surface area contributed by atoms with Crippen molar-refractivity contribution in [2.24, 2.45) is 5.92 Å². The van der Waals surface area contributed by atoms with Crippen molar-refractivity contribution in [3.63, 3.8) is 0 Å². The number of carbonyl (C=O) groups excluding carboxylic acids is 1. The first-order chi connectivity index (χ1) is 7.18. The van der Waals surface area contributed by atoms with E-state index in [9.17, 15) is 4.79 Å². The van der Waals surface area contributed by atoms with Crippen molar-refractivity contribution < 1.29 is 4.79 Å². The van der Waals surface area contributed by atoms with E-state index in [0.717, 1.165) is 12.4 Å². The number of rotatable bonds is 6. The van der Waals surface area contributed by atoms with Crippen LogP contribution >= 0.6 is 0 Å². The van der Waals surface area contributed by atoms with E-state index in [0.29, 0.717) is 19.0 Å². The van der Waals surface area contributed by atoms with Crippen LogP contribution in [0.1, 0.15) is 19.7 Å². The maximum Gasteiger partial charge on any atom is 0.233 e. The Hall–Kier alpha value is -1.36. The molecule has 0 aromatic carbocycles. The van der Waals surface area contributed by atoms with Crippen LogP contribution in [0.3, 0.4) is 0 Å². The van der Waals surface area contributed by atoms with Crippen molar-refractivity contribution in [1.82, 2.24) is 20.6 Å². The van der Waals surface area contributed by atoms with Gasteiger partial charge in [0, 0.05) is 18.9 Å². The average molecular weight is 210 g/mol. The van der Waals surface area contributed by atoms with Crippen LogP contribution in [-0.4, -0.2) is 29.0 Å². The van der Waals surface area contributed by atoms with Crippen molar-refractivity contribution in [2.45, 2.75) is 20.4 Å². The largest absolute Gasteiger partial charge is 0.355 e. The highest BCUT2D eigenvalue weighted by Gasteiger charge is 2.01. The normalized spacial score (nSPS) is 10.6. The Labute approximate surface area is 89.7 Å². The molecule has 5 heteroatoms. The number of H-pyrrole nitrogens is 1. The Balaban J connectivity index is 2.07. The molecule has 0 atom stereocenters. The van der Waals surface area contributed by atoms with Crippen LogP contribution in [0, 0.1) is 5.92 Å². The zero-order chi connectivity index (χ0) is 11.1. The fourth-order valence-corrected chi connectivity index (χ4v) is 1.07. The SMILES string of the molecule is CC(C)CNC(=O)CNCc1ncc[nH]1. The van der Waals surface area contributed by atoms with Gasteiger partial charge in [-0.3, -0.25) is 4.79 Å². The molecule has 0 saturated carbocycles. The molecule has 0 bridgehead atoms. The van der Waals surface area contributed by atoms with Gasteiger partial charge in [0.15, 0.2) is 0 Å². The summed E-state index contributed by atoms with van der Waals surface area (Å²) in [6.45, 7) is 5.77. The van der Waals surface area contributed by atoms with Crippen molar-refractivity contribution in [2.75, 3.05) is 13.1 Å². The third-order valence-electron chi connectivity index (χ3n) is 1.84. The van der Waals surface area contributed by atoms with Crippen LogP contribution in [0.15, 0.2) is 12.4 Å². The lowest BCUT2D eigenvalue weighted by Crippen LogP contribution is -2.35. The molecule has 0 aliphatic carbocycles. The quantitative estimate of drug-likeness (QED) is 0.631. The van der Waals surface area contributed by atoms with E-state index in [-0.39, 0.29) is 5.91 Å². The highest BCUT2D eigenvalue weighted by atomic mass is 16.1. The molecule has 3 N–H and O–H groups in total. The van der Waals surface area contributed by atoms with Crippen molar-refractivity contribution in [3.8, 4) is 0 Å². The van der Waals surface area contributed by atoms with Gasteiger partial charge in [-0.2, -0.15) is 0 Å². The van der Waals surface area contributed by atoms with Gasteiger partial charge in [-0.25, -0.2) is 4.98 Å². The Bertz CT molecular complexity index is 282. The molecule has 84 valence electrons. The molecular weight excluding hydrogens is 192 g/mol. The van der Waals surface area contributed by atoms with Gasteiger partial charge in [-0.15, -0.1) is 0 Å². The van der Waals surface area contributed by atoms with Gasteiger partial charge < -0.3 is 15.6 Å². The van der Waals surface area contributed by atoms with Gasteiger partial charge in [0.05, 0.1) is 13.1 Å². The fourth-order valence-electron chi connectivity index (χ4n) is 1.07. The van der Waals surface area contributed by atoms with E-state index in [2.05, 4.69) is 34.4 Å². The minimum absolute atomic E-state index is 0.0234. The summed E-state index contributed by atoms with van der Waals surface area (Å²) < 4.78 is 0. The van der Waals surface area contributed by atoms with Crippen LogP contribution in [0.2, 0.25) is 0 Å². The second-order valence-electron chi connectivity index (χ2n) is 3.84. The van der Waals surface area contributed by atoms with Crippen LogP contribution < -0.4 is 10.6 Å². The Kier molecular flexibility index (Phi) is 4.83. The number of carbonyl (C=O) groups is 1. The number of aromatic amines is 1. The van der Waals surface area contributed by atoms with Crippen molar-refractivity contribution >= 4 is 5.91 Å². The summed E-state index contributed by atoms with van der Waals surface area (Å²) in [7, 11) is 0. The maximum atomic E-state index is 11.3. The molecule has 0 saturated heterocycles. The lowest BCUT2D eigenvalue weighted by molar-refractivity contribution is -0.120. The van der Waals surface area contributed by atoms with E-state index < -0.39 is 0 Å². The maximum absolute atomic E-state index is 11.3. The summed E-state index contributed by atoms with van der Waals surface area (Å²) >= 11 is 0.